The predicted molar refractivity (Wildman–Crippen MR) is 81.2 cm³/mol. The van der Waals surface area contributed by atoms with Crippen LogP contribution in [0.3, 0.4) is 0 Å². The lowest BCUT2D eigenvalue weighted by Crippen LogP contribution is -2.18. The maximum atomic E-state index is 12.4. The molecule has 0 saturated heterocycles. The molecular formula is C13H8N6O3S. The molecule has 114 valence electrons. The summed E-state index contributed by atoms with van der Waals surface area (Å²) in [5.74, 6) is 1.10. The number of ketones is 1. The number of nitrogens with zero attached hydrogens (tertiary/aromatic N) is 6. The number of aromatic nitrogens is 5. The molecule has 0 saturated carbocycles. The van der Waals surface area contributed by atoms with Crippen molar-refractivity contribution in [2.45, 2.75) is 5.75 Å². The van der Waals surface area contributed by atoms with Crippen LogP contribution in [0.5, 0.6) is 0 Å². The fourth-order valence-electron chi connectivity index (χ4n) is 2.56. The molecule has 2 aromatic heterocycles. The predicted octanol–water partition coefficient (Wildman–Crippen LogP) is 1.52. The minimum absolute atomic E-state index is 0.0630. The van der Waals surface area contributed by atoms with Gasteiger partial charge < -0.3 is 0 Å². The summed E-state index contributed by atoms with van der Waals surface area (Å²) in [5.41, 5.74) is 1.94. The van der Waals surface area contributed by atoms with E-state index in [4.69, 9.17) is 0 Å². The van der Waals surface area contributed by atoms with Gasteiger partial charge in [0.15, 0.2) is 5.78 Å². The number of rotatable bonds is 2. The van der Waals surface area contributed by atoms with Gasteiger partial charge in [0.25, 0.3) is 11.5 Å². The SMILES string of the molecule is O=C1CSCc2nc3nnnn3c(-c3cccc([N+](=O)[O-])c3)c21. The van der Waals surface area contributed by atoms with Crippen molar-refractivity contribution in [3.05, 3.63) is 45.6 Å². The van der Waals surface area contributed by atoms with Crippen LogP contribution in [0.15, 0.2) is 24.3 Å². The zero-order valence-corrected chi connectivity index (χ0v) is 12.4. The number of nitro groups is 1. The number of nitro benzene ring substituents is 1. The number of thioether (sulfide) groups is 1. The number of benzene rings is 1. The van der Waals surface area contributed by atoms with Crippen LogP contribution >= 0.6 is 11.8 Å². The van der Waals surface area contributed by atoms with E-state index in [1.807, 2.05) is 0 Å². The van der Waals surface area contributed by atoms with Crippen molar-refractivity contribution in [1.29, 1.82) is 0 Å². The third kappa shape index (κ3) is 2.14. The second-order valence-electron chi connectivity index (χ2n) is 4.90. The van der Waals surface area contributed by atoms with Crippen LogP contribution in [0.1, 0.15) is 16.1 Å². The molecule has 4 rings (SSSR count). The molecule has 0 amide bonds. The van der Waals surface area contributed by atoms with E-state index in [0.29, 0.717) is 34.0 Å². The molecule has 0 atom stereocenters. The fraction of sp³-hybridized carbons (Fsp3) is 0.154. The monoisotopic (exact) mass is 328 g/mol. The summed E-state index contributed by atoms with van der Waals surface area (Å²) >= 11 is 1.47. The van der Waals surface area contributed by atoms with Crippen LogP contribution in [-0.4, -0.2) is 41.5 Å². The van der Waals surface area contributed by atoms with E-state index in [2.05, 4.69) is 20.5 Å². The van der Waals surface area contributed by atoms with Crippen LogP contribution in [-0.2, 0) is 5.75 Å². The van der Waals surface area contributed by atoms with Gasteiger partial charge in [0.05, 0.1) is 27.6 Å². The van der Waals surface area contributed by atoms with Gasteiger partial charge in [-0.1, -0.05) is 17.2 Å². The lowest BCUT2D eigenvalue weighted by atomic mass is 10.0. The summed E-state index contributed by atoms with van der Waals surface area (Å²) in [6.07, 6.45) is 0. The maximum Gasteiger partial charge on any atom is 0.274 e. The van der Waals surface area contributed by atoms with Gasteiger partial charge in [-0.2, -0.15) is 4.52 Å². The van der Waals surface area contributed by atoms with Gasteiger partial charge >= 0.3 is 0 Å². The highest BCUT2D eigenvalue weighted by Crippen LogP contribution is 2.33. The molecule has 9 nitrogen and oxygen atoms in total. The number of carbonyl (C=O) groups is 1. The van der Waals surface area contributed by atoms with Gasteiger partial charge in [0.2, 0.25) is 0 Å². The number of hydrogen-bond acceptors (Lipinski definition) is 8. The van der Waals surface area contributed by atoms with E-state index in [9.17, 15) is 14.9 Å². The second kappa shape index (κ2) is 5.09. The van der Waals surface area contributed by atoms with Crippen molar-refractivity contribution in [2.24, 2.45) is 0 Å². The average Bonchev–Trinajstić information content (AvgIpc) is 3.01. The van der Waals surface area contributed by atoms with Gasteiger partial charge in [0, 0.05) is 23.4 Å². The molecule has 23 heavy (non-hydrogen) atoms. The molecule has 3 heterocycles. The second-order valence-corrected chi connectivity index (χ2v) is 5.88. The quantitative estimate of drug-likeness (QED) is 0.513. The van der Waals surface area contributed by atoms with Crippen LogP contribution in [0.4, 0.5) is 5.69 Å². The zero-order chi connectivity index (χ0) is 16.0. The summed E-state index contributed by atoms with van der Waals surface area (Å²) in [6.45, 7) is 0. The molecule has 3 aromatic rings. The lowest BCUT2D eigenvalue weighted by molar-refractivity contribution is -0.384. The fourth-order valence-corrected chi connectivity index (χ4v) is 3.39. The Balaban J connectivity index is 2.07. The molecule has 1 aliphatic rings. The molecule has 0 N–H and O–H groups in total. The maximum absolute atomic E-state index is 12.4. The molecule has 0 aliphatic carbocycles. The Morgan fingerprint density at radius 3 is 3.00 bits per heavy atom. The minimum Gasteiger partial charge on any atom is -0.293 e. The van der Waals surface area contributed by atoms with Crippen molar-refractivity contribution < 1.29 is 9.72 Å². The largest absolute Gasteiger partial charge is 0.293 e. The van der Waals surface area contributed by atoms with Crippen LogP contribution < -0.4 is 0 Å². The van der Waals surface area contributed by atoms with Crippen molar-refractivity contribution in [3.63, 3.8) is 0 Å². The van der Waals surface area contributed by atoms with Crippen molar-refractivity contribution in [3.8, 4) is 11.3 Å². The normalized spacial score (nSPS) is 14.0. The molecule has 1 aromatic carbocycles. The number of carbonyl (C=O) groups excluding carboxylic acids is 1. The Labute approximate surface area is 132 Å². The highest BCUT2D eigenvalue weighted by atomic mass is 32.2. The number of Topliss-reactive ketones (excluding diaryl/α,β-unsaturated/α-hetero) is 1. The Kier molecular flexibility index (Phi) is 3.05. The standard InChI is InChI=1S/C13H8N6O3S/c20-10-6-23-5-9-11(10)12(18-13(14-9)15-16-17-18)7-2-1-3-8(4-7)19(21)22/h1-4H,5-6H2. The van der Waals surface area contributed by atoms with Crippen molar-refractivity contribution in [1.82, 2.24) is 25.0 Å². The average molecular weight is 328 g/mol. The summed E-state index contributed by atoms with van der Waals surface area (Å²) in [7, 11) is 0. The molecule has 0 unspecified atom stereocenters. The first-order chi connectivity index (χ1) is 11.1. The van der Waals surface area contributed by atoms with Crippen molar-refractivity contribution >= 4 is 29.0 Å². The third-order valence-corrected chi connectivity index (χ3v) is 4.45. The Bertz CT molecular complexity index is 969. The van der Waals surface area contributed by atoms with E-state index < -0.39 is 4.92 Å². The van der Waals surface area contributed by atoms with E-state index in [-0.39, 0.29) is 17.2 Å². The number of tetrazole rings is 1. The molecule has 1 aliphatic heterocycles. The van der Waals surface area contributed by atoms with E-state index in [0.717, 1.165) is 0 Å². The van der Waals surface area contributed by atoms with Gasteiger partial charge in [-0.3, -0.25) is 14.9 Å². The molecule has 0 bridgehead atoms. The molecule has 0 radical (unpaired) electrons. The van der Waals surface area contributed by atoms with Crippen LogP contribution in [0.2, 0.25) is 0 Å². The summed E-state index contributed by atoms with van der Waals surface area (Å²) in [6, 6.07) is 6.06. The first-order valence-electron chi connectivity index (χ1n) is 6.62. The number of hydrogen-bond donors (Lipinski definition) is 0. The number of non-ortho nitro benzene ring substituents is 1. The molecular weight excluding hydrogens is 320 g/mol. The Hall–Kier alpha value is -2.88. The lowest BCUT2D eigenvalue weighted by Gasteiger charge is -2.17. The molecule has 0 spiro atoms. The van der Waals surface area contributed by atoms with Crippen LogP contribution in [0.25, 0.3) is 17.0 Å². The van der Waals surface area contributed by atoms with Gasteiger partial charge in [-0.05, 0) is 10.4 Å². The van der Waals surface area contributed by atoms with Gasteiger partial charge in [-0.15, -0.1) is 11.8 Å². The molecule has 0 fully saturated rings. The minimum atomic E-state index is -0.481. The first kappa shape index (κ1) is 13.8. The highest BCUT2D eigenvalue weighted by Gasteiger charge is 2.27. The summed E-state index contributed by atoms with van der Waals surface area (Å²) in [4.78, 5) is 27.3. The van der Waals surface area contributed by atoms with E-state index in [1.165, 1.54) is 28.4 Å². The Morgan fingerprint density at radius 2 is 2.17 bits per heavy atom. The Morgan fingerprint density at radius 1 is 1.30 bits per heavy atom. The zero-order valence-electron chi connectivity index (χ0n) is 11.5. The van der Waals surface area contributed by atoms with Gasteiger partial charge in [-0.25, -0.2) is 4.98 Å². The summed E-state index contributed by atoms with van der Waals surface area (Å²) in [5, 5.41) is 22.3. The highest BCUT2D eigenvalue weighted by molar-refractivity contribution is 7.99. The third-order valence-electron chi connectivity index (χ3n) is 3.51. The first-order valence-corrected chi connectivity index (χ1v) is 7.77. The van der Waals surface area contributed by atoms with Crippen molar-refractivity contribution in [2.75, 3.05) is 5.75 Å². The van der Waals surface area contributed by atoms with Gasteiger partial charge in [0.1, 0.15) is 0 Å². The summed E-state index contributed by atoms with van der Waals surface area (Å²) < 4.78 is 1.35. The smallest absolute Gasteiger partial charge is 0.274 e. The number of fused-ring (bicyclic) bond motifs is 2. The van der Waals surface area contributed by atoms with E-state index >= 15 is 0 Å². The molecule has 10 heteroatoms. The van der Waals surface area contributed by atoms with Crippen LogP contribution in [0, 0.1) is 10.1 Å². The topological polar surface area (TPSA) is 116 Å². The van der Waals surface area contributed by atoms with E-state index in [1.54, 1.807) is 12.1 Å².